The summed E-state index contributed by atoms with van der Waals surface area (Å²) in [5.74, 6) is 0. The van der Waals surface area contributed by atoms with E-state index in [1.807, 2.05) is 0 Å². The molecule has 0 aliphatic carbocycles. The summed E-state index contributed by atoms with van der Waals surface area (Å²) in [4.78, 5) is 4.92. The predicted octanol–water partition coefficient (Wildman–Crippen LogP) is 23.3. The van der Waals surface area contributed by atoms with E-state index in [0.717, 1.165) is 143 Å². The normalized spacial score (nSPS) is 12.0. The summed E-state index contributed by atoms with van der Waals surface area (Å²) in [6, 6.07) is 106. The lowest BCUT2D eigenvalue weighted by atomic mass is 9.91. The Morgan fingerprint density at radius 3 is 0.976 bits per heavy atom. The van der Waals surface area contributed by atoms with Gasteiger partial charge in [-0.25, -0.2) is 0 Å². The Hall–Kier alpha value is -11.2. The Balaban J connectivity index is 0.915. The molecule has 390 valence electrons. The second-order valence-electron chi connectivity index (χ2n) is 22.2. The molecule has 84 heavy (non-hydrogen) atoms. The minimum Gasteiger partial charge on any atom is -0.453 e. The molecule has 2 aromatic heterocycles. The number of anilines is 6. The molecule has 0 aliphatic rings. The van der Waals surface area contributed by atoms with Gasteiger partial charge in [0.1, 0.15) is 11.2 Å². The van der Waals surface area contributed by atoms with E-state index in [1.165, 1.54) is 32.3 Å². The van der Waals surface area contributed by atoms with E-state index < -0.39 is 0 Å². The fraction of sp³-hybridized carbons (Fsp3) is 0. The molecule has 0 spiro atoms. The first-order valence-corrected chi connectivity index (χ1v) is 28.8. The zero-order chi connectivity index (χ0) is 55.0. The maximum Gasteiger partial charge on any atom is 0.159 e. The summed E-state index contributed by atoms with van der Waals surface area (Å²) in [7, 11) is 0. The molecule has 18 rings (SSSR count). The third-order valence-electron chi connectivity index (χ3n) is 17.7. The van der Waals surface area contributed by atoms with Gasteiger partial charge < -0.3 is 18.6 Å². The number of benzene rings is 16. The van der Waals surface area contributed by atoms with Crippen molar-refractivity contribution >= 4 is 153 Å². The summed E-state index contributed by atoms with van der Waals surface area (Å²) in [5, 5.41) is 20.7. The lowest BCUT2D eigenvalue weighted by molar-refractivity contribution is 0.670. The topological polar surface area (TPSA) is 32.8 Å². The summed E-state index contributed by atoms with van der Waals surface area (Å²) >= 11 is 0. The number of furan rings is 2. The molecule has 16 aromatic carbocycles. The Kier molecular flexibility index (Phi) is 10.1. The second kappa shape index (κ2) is 18.2. The first kappa shape index (κ1) is 46.5. The van der Waals surface area contributed by atoms with E-state index in [4.69, 9.17) is 8.83 Å². The standard InChI is InChI=1S/C80H48N2O2/c1-3-19-51(20-4-1)65-47-55-25-9-13-31-59(55)75-63-33-17-37-71(77(63)83-79(65)75)81(67-35-15-27-49-23-7-11-29-57(49)67)69-45-41-53-40-44-62-70(46-42-54-39-43-61(69)73(53)74(54)62)82(68-36-16-28-50-24-8-12-30-58(50)68)72-38-18-34-64-76-60-32-14-10-26-56(60)48-66(80(76)84-78(64)72)52-21-5-2-6-22-52/h1-48H. The number of hydrogen-bond acceptors (Lipinski definition) is 4. The van der Waals surface area contributed by atoms with Crippen molar-refractivity contribution in [2.24, 2.45) is 0 Å². The zero-order valence-electron chi connectivity index (χ0n) is 45.4. The third-order valence-corrected chi connectivity index (χ3v) is 17.7. The van der Waals surface area contributed by atoms with Crippen molar-refractivity contribution in [3.8, 4) is 22.3 Å². The highest BCUT2D eigenvalue weighted by Gasteiger charge is 2.29. The van der Waals surface area contributed by atoms with Crippen LogP contribution in [0.15, 0.2) is 300 Å². The van der Waals surface area contributed by atoms with Crippen LogP contribution in [0.3, 0.4) is 0 Å². The van der Waals surface area contributed by atoms with E-state index >= 15 is 0 Å². The van der Waals surface area contributed by atoms with E-state index in [0.29, 0.717) is 0 Å². The molecule has 0 bridgehead atoms. The van der Waals surface area contributed by atoms with E-state index in [9.17, 15) is 0 Å². The highest BCUT2D eigenvalue weighted by atomic mass is 16.3. The zero-order valence-corrected chi connectivity index (χ0v) is 45.4. The van der Waals surface area contributed by atoms with Gasteiger partial charge in [-0.15, -0.1) is 0 Å². The van der Waals surface area contributed by atoms with Gasteiger partial charge in [-0.1, -0.05) is 243 Å². The van der Waals surface area contributed by atoms with Gasteiger partial charge >= 0.3 is 0 Å². The summed E-state index contributed by atoms with van der Waals surface area (Å²) < 4.78 is 14.9. The fourth-order valence-corrected chi connectivity index (χ4v) is 14.0. The van der Waals surface area contributed by atoms with Gasteiger partial charge in [0.2, 0.25) is 0 Å². The van der Waals surface area contributed by atoms with Crippen LogP contribution in [0.25, 0.3) is 142 Å². The van der Waals surface area contributed by atoms with Crippen molar-refractivity contribution in [3.05, 3.63) is 291 Å². The first-order chi connectivity index (χ1) is 41.7. The molecule has 0 amide bonds. The minimum absolute atomic E-state index is 0.830. The number of para-hydroxylation sites is 2. The van der Waals surface area contributed by atoms with Gasteiger partial charge in [-0.05, 0) is 114 Å². The molecular formula is C80H48N2O2. The maximum atomic E-state index is 7.44. The summed E-state index contributed by atoms with van der Waals surface area (Å²) in [5.41, 5.74) is 13.9. The lowest BCUT2D eigenvalue weighted by Crippen LogP contribution is -2.12. The Morgan fingerprint density at radius 1 is 0.190 bits per heavy atom. The maximum absolute atomic E-state index is 7.44. The quantitative estimate of drug-likeness (QED) is 0.142. The number of fused-ring (bicyclic) bond motifs is 12. The van der Waals surface area contributed by atoms with Gasteiger partial charge in [0.05, 0.1) is 34.1 Å². The average molecular weight is 1070 g/mol. The molecule has 4 heteroatoms. The number of nitrogens with zero attached hydrogens (tertiary/aromatic N) is 2. The predicted molar refractivity (Wildman–Crippen MR) is 355 cm³/mol. The van der Waals surface area contributed by atoms with Crippen LogP contribution in [-0.2, 0) is 0 Å². The minimum atomic E-state index is 0.830. The summed E-state index contributed by atoms with van der Waals surface area (Å²) in [6.45, 7) is 0. The molecule has 0 radical (unpaired) electrons. The smallest absolute Gasteiger partial charge is 0.159 e. The SMILES string of the molecule is c1ccc(-c2cc3ccccc3c3c2oc2c(N(c4cccc5ccccc45)c4ccc5ccc6c(N(c7cccc8ccccc78)c7cccc8c7oc7c(-c9ccccc9)cc9ccccc9c78)ccc7ccc4c5c76)cccc23)cc1. The molecule has 0 aliphatic heterocycles. The molecule has 4 nitrogen and oxygen atoms in total. The summed E-state index contributed by atoms with van der Waals surface area (Å²) in [6.07, 6.45) is 0. The molecule has 0 N–H and O–H groups in total. The molecule has 0 saturated heterocycles. The Bertz CT molecular complexity index is 5340. The first-order valence-electron chi connectivity index (χ1n) is 28.8. The van der Waals surface area contributed by atoms with Crippen LogP contribution in [-0.4, -0.2) is 0 Å². The van der Waals surface area contributed by atoms with Crippen LogP contribution in [0.1, 0.15) is 0 Å². The van der Waals surface area contributed by atoms with Gasteiger partial charge in [0, 0.05) is 54.2 Å². The molecule has 0 atom stereocenters. The Labute approximate surface area is 482 Å². The van der Waals surface area contributed by atoms with Gasteiger partial charge in [-0.2, -0.15) is 0 Å². The monoisotopic (exact) mass is 1070 g/mol. The Morgan fingerprint density at radius 2 is 0.524 bits per heavy atom. The van der Waals surface area contributed by atoms with Crippen molar-refractivity contribution in [3.63, 3.8) is 0 Å². The second-order valence-corrected chi connectivity index (χ2v) is 22.2. The van der Waals surface area contributed by atoms with Crippen LogP contribution in [0, 0.1) is 0 Å². The van der Waals surface area contributed by atoms with Crippen molar-refractivity contribution < 1.29 is 8.83 Å². The highest BCUT2D eigenvalue weighted by Crippen LogP contribution is 2.54. The molecule has 0 fully saturated rings. The van der Waals surface area contributed by atoms with E-state index in [2.05, 4.69) is 301 Å². The number of rotatable bonds is 8. The van der Waals surface area contributed by atoms with Crippen LogP contribution in [0.5, 0.6) is 0 Å². The van der Waals surface area contributed by atoms with E-state index in [1.54, 1.807) is 0 Å². The van der Waals surface area contributed by atoms with Crippen LogP contribution in [0.2, 0.25) is 0 Å². The largest absolute Gasteiger partial charge is 0.453 e. The van der Waals surface area contributed by atoms with Gasteiger partial charge in [0.25, 0.3) is 0 Å². The van der Waals surface area contributed by atoms with Crippen molar-refractivity contribution in [1.29, 1.82) is 0 Å². The van der Waals surface area contributed by atoms with Crippen LogP contribution >= 0.6 is 0 Å². The van der Waals surface area contributed by atoms with E-state index in [-0.39, 0.29) is 0 Å². The molecule has 0 saturated carbocycles. The number of hydrogen-bond donors (Lipinski definition) is 0. The third kappa shape index (κ3) is 6.83. The highest BCUT2D eigenvalue weighted by molar-refractivity contribution is 6.31. The van der Waals surface area contributed by atoms with Crippen molar-refractivity contribution in [2.45, 2.75) is 0 Å². The molecule has 0 unspecified atom stereocenters. The molecule has 18 aromatic rings. The molecular weight excluding hydrogens is 1020 g/mol. The van der Waals surface area contributed by atoms with Gasteiger partial charge in [-0.3, -0.25) is 0 Å². The van der Waals surface area contributed by atoms with Gasteiger partial charge in [0.15, 0.2) is 11.2 Å². The average Bonchev–Trinajstić information content (AvgIpc) is 1.50. The lowest BCUT2D eigenvalue weighted by Gasteiger charge is -2.30. The van der Waals surface area contributed by atoms with Crippen LogP contribution < -0.4 is 9.80 Å². The van der Waals surface area contributed by atoms with Crippen molar-refractivity contribution in [1.82, 2.24) is 0 Å². The van der Waals surface area contributed by atoms with Crippen LogP contribution in [0.4, 0.5) is 34.1 Å². The fourth-order valence-electron chi connectivity index (χ4n) is 14.0. The molecule has 2 heterocycles. The van der Waals surface area contributed by atoms with Crippen molar-refractivity contribution in [2.75, 3.05) is 9.80 Å².